The third kappa shape index (κ3) is 7.16. The van der Waals surface area contributed by atoms with Gasteiger partial charge in [0.2, 0.25) is 5.91 Å². The van der Waals surface area contributed by atoms with Gasteiger partial charge in [0.1, 0.15) is 5.75 Å². The van der Waals surface area contributed by atoms with Gasteiger partial charge in [-0.25, -0.2) is 0 Å². The van der Waals surface area contributed by atoms with Crippen molar-refractivity contribution >= 4 is 11.7 Å². The second-order valence-electron chi connectivity index (χ2n) is 7.15. The topological polar surface area (TPSA) is 58.6 Å². The number of nitrogens with one attached hydrogen (secondary N) is 1. The van der Waals surface area contributed by atoms with E-state index in [0.717, 1.165) is 44.5 Å². The highest BCUT2D eigenvalue weighted by Crippen LogP contribution is 2.15. The number of carbonyl (C=O) groups excluding carboxylic acids is 2. The van der Waals surface area contributed by atoms with Crippen LogP contribution < -0.4 is 10.1 Å². The summed E-state index contributed by atoms with van der Waals surface area (Å²) in [6, 6.07) is 7.48. The van der Waals surface area contributed by atoms with Crippen LogP contribution in [0.1, 0.15) is 62.2 Å². The zero-order valence-corrected chi connectivity index (χ0v) is 16.1. The fourth-order valence-corrected chi connectivity index (χ4v) is 3.10. The van der Waals surface area contributed by atoms with Crippen LogP contribution in [0.15, 0.2) is 24.3 Å². The van der Waals surface area contributed by atoms with E-state index in [4.69, 9.17) is 4.74 Å². The predicted molar refractivity (Wildman–Crippen MR) is 104 cm³/mol. The van der Waals surface area contributed by atoms with Crippen LogP contribution in [0.5, 0.6) is 5.75 Å². The third-order valence-electron chi connectivity index (χ3n) is 4.86. The molecular formula is C21H32N2O3. The van der Waals surface area contributed by atoms with Gasteiger partial charge in [0.05, 0.1) is 6.61 Å². The fourth-order valence-electron chi connectivity index (χ4n) is 3.10. The van der Waals surface area contributed by atoms with Gasteiger partial charge in [0.15, 0.2) is 5.78 Å². The lowest BCUT2D eigenvalue weighted by molar-refractivity contribution is -0.122. The molecule has 0 radical (unpaired) electrons. The first-order chi connectivity index (χ1) is 12.6. The second kappa shape index (κ2) is 11.0. The first-order valence-corrected chi connectivity index (χ1v) is 9.82. The summed E-state index contributed by atoms with van der Waals surface area (Å²) in [4.78, 5) is 26.6. The summed E-state index contributed by atoms with van der Waals surface area (Å²) in [5, 5.41) is 3.05. The van der Waals surface area contributed by atoms with Crippen LogP contribution in [-0.4, -0.2) is 49.4 Å². The predicted octanol–water partition coefficient (Wildman–Crippen LogP) is 3.43. The molecule has 0 spiro atoms. The zero-order valence-electron chi connectivity index (χ0n) is 16.1. The summed E-state index contributed by atoms with van der Waals surface area (Å²) in [7, 11) is 2.10. The van der Waals surface area contributed by atoms with Crippen molar-refractivity contribution in [3.05, 3.63) is 29.8 Å². The number of benzene rings is 1. The van der Waals surface area contributed by atoms with Crippen molar-refractivity contribution in [3.8, 4) is 5.75 Å². The van der Waals surface area contributed by atoms with E-state index in [1.165, 1.54) is 6.42 Å². The minimum absolute atomic E-state index is 0.000982. The first-order valence-electron chi connectivity index (χ1n) is 9.82. The monoisotopic (exact) mass is 360 g/mol. The van der Waals surface area contributed by atoms with Gasteiger partial charge in [-0.15, -0.1) is 0 Å². The smallest absolute Gasteiger partial charge is 0.220 e. The van der Waals surface area contributed by atoms with Crippen LogP contribution in [0.25, 0.3) is 0 Å². The lowest BCUT2D eigenvalue weighted by Gasteiger charge is -2.29. The Bertz CT molecular complexity index is 563. The number of Topliss-reactive ketones (excluding diaryl/α,β-unsaturated/α-hetero) is 1. The van der Waals surface area contributed by atoms with Crippen LogP contribution in [0.4, 0.5) is 0 Å². The Hall–Kier alpha value is -1.88. The molecule has 1 aromatic rings. The number of nitrogens with zero attached hydrogens (tertiary/aromatic N) is 1. The number of rotatable bonds is 10. The van der Waals surface area contributed by atoms with Gasteiger partial charge in [0, 0.05) is 24.4 Å². The summed E-state index contributed by atoms with van der Waals surface area (Å²) in [5.41, 5.74) is 0.637. The first kappa shape index (κ1) is 20.4. The number of amides is 1. The van der Waals surface area contributed by atoms with E-state index in [9.17, 15) is 9.59 Å². The Balaban J connectivity index is 1.69. The summed E-state index contributed by atoms with van der Waals surface area (Å²) < 4.78 is 5.65. The summed E-state index contributed by atoms with van der Waals surface area (Å²) in [5.74, 6) is 0.766. The molecule has 26 heavy (non-hydrogen) atoms. The molecule has 1 amide bonds. The van der Waals surface area contributed by atoms with E-state index in [0.29, 0.717) is 12.2 Å². The minimum atomic E-state index is -0.0243. The van der Waals surface area contributed by atoms with Crippen molar-refractivity contribution in [1.82, 2.24) is 10.2 Å². The number of likely N-dealkylation sites (tertiary alicyclic amines) is 1. The van der Waals surface area contributed by atoms with E-state index in [1.807, 2.05) is 12.1 Å². The fraction of sp³-hybridized carbons (Fsp3) is 0.619. The molecule has 1 aliphatic rings. The molecule has 0 saturated carbocycles. The summed E-state index contributed by atoms with van der Waals surface area (Å²) in [6.45, 7) is 4.89. The molecule has 1 saturated heterocycles. The zero-order chi connectivity index (χ0) is 18.8. The van der Waals surface area contributed by atoms with Crippen molar-refractivity contribution in [2.45, 2.75) is 57.9 Å². The number of hydrogen-bond acceptors (Lipinski definition) is 4. The van der Waals surface area contributed by atoms with E-state index >= 15 is 0 Å². The Labute approximate surface area is 157 Å². The summed E-state index contributed by atoms with van der Waals surface area (Å²) >= 11 is 0. The second-order valence-corrected chi connectivity index (χ2v) is 7.15. The van der Waals surface area contributed by atoms with Gasteiger partial charge in [-0.2, -0.15) is 0 Å². The SMILES string of the molecule is CCCCCOc1ccc(C(=O)CCC(=O)NC2CCN(C)CC2)cc1. The molecule has 5 nitrogen and oxygen atoms in total. The number of hydrogen-bond donors (Lipinski definition) is 1. The van der Waals surface area contributed by atoms with Crippen LogP contribution in [0, 0.1) is 0 Å². The Morgan fingerprint density at radius 2 is 1.81 bits per heavy atom. The molecule has 1 N–H and O–H groups in total. The van der Waals surface area contributed by atoms with Crippen LogP contribution in [0.3, 0.4) is 0 Å². The van der Waals surface area contributed by atoms with E-state index < -0.39 is 0 Å². The van der Waals surface area contributed by atoms with Gasteiger partial charge in [-0.05, 0) is 63.7 Å². The third-order valence-corrected chi connectivity index (χ3v) is 4.86. The molecule has 1 aromatic carbocycles. The highest BCUT2D eigenvalue weighted by Gasteiger charge is 2.18. The van der Waals surface area contributed by atoms with E-state index in [-0.39, 0.29) is 30.6 Å². The largest absolute Gasteiger partial charge is 0.494 e. The number of ether oxygens (including phenoxy) is 1. The van der Waals surface area contributed by atoms with Gasteiger partial charge in [-0.1, -0.05) is 19.8 Å². The molecule has 0 atom stereocenters. The van der Waals surface area contributed by atoms with Crippen molar-refractivity contribution < 1.29 is 14.3 Å². The molecule has 1 heterocycles. The molecule has 0 aromatic heterocycles. The normalized spacial score (nSPS) is 15.6. The van der Waals surface area contributed by atoms with Crippen LogP contribution in [-0.2, 0) is 4.79 Å². The minimum Gasteiger partial charge on any atom is -0.494 e. The molecule has 0 aliphatic carbocycles. The maximum atomic E-state index is 12.3. The molecular weight excluding hydrogens is 328 g/mol. The quantitative estimate of drug-likeness (QED) is 0.513. The number of piperidine rings is 1. The highest BCUT2D eigenvalue weighted by molar-refractivity contribution is 5.98. The Kier molecular flexibility index (Phi) is 8.62. The maximum Gasteiger partial charge on any atom is 0.220 e. The van der Waals surface area contributed by atoms with Gasteiger partial charge in [0.25, 0.3) is 0 Å². The van der Waals surface area contributed by atoms with Crippen molar-refractivity contribution in [2.24, 2.45) is 0 Å². The number of carbonyl (C=O) groups is 2. The molecule has 0 bridgehead atoms. The molecule has 144 valence electrons. The lowest BCUT2D eigenvalue weighted by atomic mass is 10.0. The van der Waals surface area contributed by atoms with Gasteiger partial charge >= 0.3 is 0 Å². The molecule has 2 rings (SSSR count). The average Bonchev–Trinajstić information content (AvgIpc) is 2.66. The van der Waals surface area contributed by atoms with Gasteiger partial charge < -0.3 is 15.0 Å². The maximum absolute atomic E-state index is 12.3. The molecule has 1 fully saturated rings. The van der Waals surface area contributed by atoms with Crippen LogP contribution >= 0.6 is 0 Å². The Morgan fingerprint density at radius 1 is 1.12 bits per heavy atom. The van der Waals surface area contributed by atoms with Crippen LogP contribution in [0.2, 0.25) is 0 Å². The number of unbranched alkanes of at least 4 members (excludes halogenated alkanes) is 2. The van der Waals surface area contributed by atoms with E-state index in [2.05, 4.69) is 24.2 Å². The number of ketones is 1. The van der Waals surface area contributed by atoms with Gasteiger partial charge in [-0.3, -0.25) is 9.59 Å². The van der Waals surface area contributed by atoms with Crippen molar-refractivity contribution in [1.29, 1.82) is 0 Å². The molecule has 5 heteroatoms. The Morgan fingerprint density at radius 3 is 2.46 bits per heavy atom. The van der Waals surface area contributed by atoms with Crippen molar-refractivity contribution in [3.63, 3.8) is 0 Å². The lowest BCUT2D eigenvalue weighted by Crippen LogP contribution is -2.43. The average molecular weight is 360 g/mol. The molecule has 0 unspecified atom stereocenters. The highest BCUT2D eigenvalue weighted by atomic mass is 16.5. The molecule has 1 aliphatic heterocycles. The standard InChI is InChI=1S/C21H32N2O3/c1-3-4-5-16-26-19-8-6-17(7-9-19)20(24)10-11-21(25)22-18-12-14-23(2)15-13-18/h6-9,18H,3-5,10-16H2,1-2H3,(H,22,25). The van der Waals surface area contributed by atoms with Crippen molar-refractivity contribution in [2.75, 3.05) is 26.7 Å². The van der Waals surface area contributed by atoms with E-state index in [1.54, 1.807) is 12.1 Å². The summed E-state index contributed by atoms with van der Waals surface area (Å²) in [6.07, 6.45) is 5.84.